The minimum absolute atomic E-state index is 0. The lowest BCUT2D eigenvalue weighted by Gasteiger charge is -2.36. The average molecular weight is 270 g/mol. The normalized spacial score (nSPS) is 23.4. The Balaban J connectivity index is 0.00000162. The van der Waals surface area contributed by atoms with Crippen molar-refractivity contribution in [1.29, 1.82) is 0 Å². The molecule has 0 spiro atoms. The summed E-state index contributed by atoms with van der Waals surface area (Å²) in [5, 5.41) is 13.0. The highest BCUT2D eigenvalue weighted by molar-refractivity contribution is 5.85. The van der Waals surface area contributed by atoms with Gasteiger partial charge in [0, 0.05) is 18.6 Å². The quantitative estimate of drug-likeness (QED) is 0.862. The average Bonchev–Trinajstić information content (AvgIpc) is 2.41. The highest BCUT2D eigenvalue weighted by Crippen LogP contribution is 2.31. The van der Waals surface area contributed by atoms with Crippen LogP contribution in [0.25, 0.3) is 0 Å². The van der Waals surface area contributed by atoms with Crippen LogP contribution >= 0.6 is 12.4 Å². The van der Waals surface area contributed by atoms with Gasteiger partial charge in [-0.2, -0.15) is 0 Å². The Morgan fingerprint density at radius 1 is 1.22 bits per heavy atom. The molecule has 0 radical (unpaired) electrons. The molecule has 18 heavy (non-hydrogen) atoms. The second-order valence-corrected chi connectivity index (χ2v) is 5.28. The highest BCUT2D eigenvalue weighted by atomic mass is 35.5. The van der Waals surface area contributed by atoms with Gasteiger partial charge in [0.25, 0.3) is 0 Å². The summed E-state index contributed by atoms with van der Waals surface area (Å²) in [6.45, 7) is 2.42. The van der Waals surface area contributed by atoms with Gasteiger partial charge in [0.1, 0.15) is 0 Å². The molecule has 1 fully saturated rings. The Kier molecular flexibility index (Phi) is 6.69. The first-order valence-electron chi connectivity index (χ1n) is 6.70. The van der Waals surface area contributed by atoms with Gasteiger partial charge in [0.2, 0.25) is 0 Å². The molecule has 0 aliphatic carbocycles. The highest BCUT2D eigenvalue weighted by Gasteiger charge is 2.30. The smallest absolute Gasteiger partial charge is 0.0499 e. The molecule has 1 aliphatic heterocycles. The summed E-state index contributed by atoms with van der Waals surface area (Å²) in [4.78, 5) is 0. The third-order valence-electron chi connectivity index (χ3n) is 3.91. The van der Waals surface area contributed by atoms with Crippen LogP contribution in [-0.4, -0.2) is 24.8 Å². The zero-order chi connectivity index (χ0) is 12.0. The Morgan fingerprint density at radius 3 is 2.61 bits per heavy atom. The zero-order valence-corrected chi connectivity index (χ0v) is 11.7. The van der Waals surface area contributed by atoms with Gasteiger partial charge in [-0.3, -0.25) is 0 Å². The van der Waals surface area contributed by atoms with Crippen LogP contribution in [0.1, 0.15) is 31.2 Å². The fourth-order valence-electron chi connectivity index (χ4n) is 2.77. The van der Waals surface area contributed by atoms with Gasteiger partial charge in [-0.15, -0.1) is 12.4 Å². The van der Waals surface area contributed by atoms with Gasteiger partial charge in [-0.05, 0) is 44.2 Å². The molecule has 0 aromatic heterocycles. The maximum atomic E-state index is 9.60. The fourth-order valence-corrected chi connectivity index (χ4v) is 2.77. The minimum atomic E-state index is 0. The minimum Gasteiger partial charge on any atom is -0.396 e. The van der Waals surface area contributed by atoms with Crippen molar-refractivity contribution in [2.45, 2.75) is 32.1 Å². The van der Waals surface area contributed by atoms with Gasteiger partial charge < -0.3 is 10.4 Å². The monoisotopic (exact) mass is 269 g/mol. The van der Waals surface area contributed by atoms with E-state index in [-0.39, 0.29) is 17.8 Å². The van der Waals surface area contributed by atoms with Gasteiger partial charge in [0.15, 0.2) is 0 Å². The van der Waals surface area contributed by atoms with Crippen molar-refractivity contribution in [3.63, 3.8) is 0 Å². The zero-order valence-electron chi connectivity index (χ0n) is 10.9. The van der Waals surface area contributed by atoms with Crippen LogP contribution in [0, 0.1) is 5.41 Å². The number of rotatable bonds is 5. The Labute approximate surface area is 116 Å². The third kappa shape index (κ3) is 4.27. The molecular formula is C15H24ClNO. The van der Waals surface area contributed by atoms with Crippen LogP contribution in [0.15, 0.2) is 30.3 Å². The first kappa shape index (κ1) is 15.5. The molecule has 3 heteroatoms. The summed E-state index contributed by atoms with van der Waals surface area (Å²) in [5.74, 6) is 0. The van der Waals surface area contributed by atoms with Crippen molar-refractivity contribution >= 4 is 12.4 Å². The van der Waals surface area contributed by atoms with Crippen LogP contribution in [0.5, 0.6) is 0 Å². The Bertz CT molecular complexity index is 323. The van der Waals surface area contributed by atoms with E-state index in [1.807, 2.05) is 0 Å². The van der Waals surface area contributed by atoms with Crippen LogP contribution < -0.4 is 5.32 Å². The number of hydrogen-bond donors (Lipinski definition) is 2. The van der Waals surface area contributed by atoms with Crippen LogP contribution in [0.3, 0.4) is 0 Å². The molecule has 2 N–H and O–H groups in total. The lowest BCUT2D eigenvalue weighted by atomic mass is 9.77. The molecule has 102 valence electrons. The van der Waals surface area contributed by atoms with Gasteiger partial charge in [-0.1, -0.05) is 30.3 Å². The molecule has 1 aliphatic rings. The van der Waals surface area contributed by atoms with E-state index in [0.29, 0.717) is 6.61 Å². The summed E-state index contributed by atoms with van der Waals surface area (Å²) < 4.78 is 0. The number of nitrogens with one attached hydrogen (secondary N) is 1. The summed E-state index contributed by atoms with van der Waals surface area (Å²) >= 11 is 0. The van der Waals surface area contributed by atoms with E-state index >= 15 is 0 Å². The topological polar surface area (TPSA) is 32.3 Å². The van der Waals surface area contributed by atoms with Crippen molar-refractivity contribution in [3.05, 3.63) is 35.9 Å². The van der Waals surface area contributed by atoms with Crippen LogP contribution in [0.4, 0.5) is 0 Å². The molecule has 1 aromatic carbocycles. The van der Waals surface area contributed by atoms with Crippen molar-refractivity contribution in [1.82, 2.24) is 5.32 Å². The lowest BCUT2D eigenvalue weighted by Crippen LogP contribution is -2.42. The summed E-state index contributed by atoms with van der Waals surface area (Å²) in [6.07, 6.45) is 5.80. The number of aliphatic hydroxyl groups excluding tert-OH is 1. The molecule has 1 heterocycles. The largest absolute Gasteiger partial charge is 0.396 e. The predicted molar refractivity (Wildman–Crippen MR) is 78.3 cm³/mol. The summed E-state index contributed by atoms with van der Waals surface area (Å²) in [7, 11) is 0. The van der Waals surface area contributed by atoms with Gasteiger partial charge in [0.05, 0.1) is 0 Å². The van der Waals surface area contributed by atoms with Gasteiger partial charge >= 0.3 is 0 Å². The number of hydrogen-bond acceptors (Lipinski definition) is 2. The fraction of sp³-hybridized carbons (Fsp3) is 0.600. The summed E-state index contributed by atoms with van der Waals surface area (Å²) in [6, 6.07) is 10.6. The molecule has 0 amide bonds. The van der Waals surface area contributed by atoms with E-state index in [1.54, 1.807) is 0 Å². The van der Waals surface area contributed by atoms with Gasteiger partial charge in [-0.25, -0.2) is 0 Å². The van der Waals surface area contributed by atoms with E-state index in [0.717, 1.165) is 25.9 Å². The SMILES string of the molecule is Cl.OCC1(CCCc2ccccc2)CCCNC1. The molecule has 0 bridgehead atoms. The van der Waals surface area contributed by atoms with E-state index in [9.17, 15) is 5.11 Å². The molecule has 0 saturated carbocycles. The first-order chi connectivity index (χ1) is 8.35. The number of benzene rings is 1. The van der Waals surface area contributed by atoms with Crippen LogP contribution in [-0.2, 0) is 6.42 Å². The van der Waals surface area contributed by atoms with Crippen LogP contribution in [0.2, 0.25) is 0 Å². The van der Waals surface area contributed by atoms with Crippen molar-refractivity contribution < 1.29 is 5.11 Å². The molecule has 1 atom stereocenters. The third-order valence-corrected chi connectivity index (χ3v) is 3.91. The van der Waals surface area contributed by atoms with Crippen molar-refractivity contribution in [3.8, 4) is 0 Å². The molecule has 1 aromatic rings. The standard InChI is InChI=1S/C15H23NO.ClH/c17-13-15(10-5-11-16-12-15)9-4-8-14-6-2-1-3-7-14;/h1-3,6-7,16-17H,4-5,8-13H2;1H. The number of halogens is 1. The Morgan fingerprint density at radius 2 is 2.00 bits per heavy atom. The Hall–Kier alpha value is -0.570. The molecular weight excluding hydrogens is 246 g/mol. The molecule has 2 nitrogen and oxygen atoms in total. The number of aryl methyl sites for hydroxylation is 1. The van der Waals surface area contributed by atoms with Crippen molar-refractivity contribution in [2.24, 2.45) is 5.41 Å². The van der Waals surface area contributed by atoms with Crippen molar-refractivity contribution in [2.75, 3.05) is 19.7 Å². The van der Waals surface area contributed by atoms with E-state index in [2.05, 4.69) is 35.6 Å². The molecule has 1 saturated heterocycles. The number of aliphatic hydroxyl groups is 1. The number of piperidine rings is 1. The second kappa shape index (κ2) is 7.78. The summed E-state index contributed by atoms with van der Waals surface area (Å²) in [5.41, 5.74) is 1.55. The predicted octanol–water partition coefficient (Wildman–Crippen LogP) is 2.79. The maximum absolute atomic E-state index is 9.60. The van der Waals surface area contributed by atoms with E-state index < -0.39 is 0 Å². The molecule has 2 rings (SSSR count). The van der Waals surface area contributed by atoms with E-state index in [1.165, 1.54) is 24.8 Å². The second-order valence-electron chi connectivity index (χ2n) is 5.28. The lowest BCUT2D eigenvalue weighted by molar-refractivity contribution is 0.0838. The van der Waals surface area contributed by atoms with E-state index in [4.69, 9.17) is 0 Å². The first-order valence-corrected chi connectivity index (χ1v) is 6.70. The molecule has 1 unspecified atom stereocenters. The maximum Gasteiger partial charge on any atom is 0.0499 e.